The first kappa shape index (κ1) is 26.4. The Morgan fingerprint density at radius 2 is 1.91 bits per heavy atom. The summed E-state index contributed by atoms with van der Waals surface area (Å²) in [6.07, 6.45) is 1.08. The third-order valence-electron chi connectivity index (χ3n) is 5.48. The van der Waals surface area contributed by atoms with Crippen LogP contribution in [0.1, 0.15) is 36.0 Å². The van der Waals surface area contributed by atoms with Crippen molar-refractivity contribution in [3.63, 3.8) is 0 Å². The van der Waals surface area contributed by atoms with E-state index in [4.69, 9.17) is 9.73 Å². The zero-order valence-electron chi connectivity index (χ0n) is 18.9. The Labute approximate surface area is 208 Å². The van der Waals surface area contributed by atoms with Crippen molar-refractivity contribution in [2.75, 3.05) is 33.8 Å². The molecule has 1 atom stereocenters. The molecular formula is C23H33IN4O3S. The van der Waals surface area contributed by atoms with Crippen molar-refractivity contribution in [2.45, 2.75) is 31.6 Å². The summed E-state index contributed by atoms with van der Waals surface area (Å²) in [7, 11) is -0.180. The predicted octanol–water partition coefficient (Wildman–Crippen LogP) is 3.32. The lowest BCUT2D eigenvalue weighted by molar-refractivity contribution is 0.414. The van der Waals surface area contributed by atoms with Gasteiger partial charge in [0, 0.05) is 25.6 Å². The summed E-state index contributed by atoms with van der Waals surface area (Å²) >= 11 is 0. The molecule has 0 bridgehead atoms. The number of sulfonamides is 1. The van der Waals surface area contributed by atoms with E-state index in [1.54, 1.807) is 7.11 Å². The topological polar surface area (TPSA) is 83.0 Å². The second kappa shape index (κ2) is 12.4. The first-order valence-electron chi connectivity index (χ1n) is 10.6. The van der Waals surface area contributed by atoms with E-state index in [2.05, 4.69) is 34.0 Å². The fourth-order valence-electron chi connectivity index (χ4n) is 3.80. The van der Waals surface area contributed by atoms with Gasteiger partial charge in [-0.25, -0.2) is 18.1 Å². The van der Waals surface area contributed by atoms with E-state index in [-0.39, 0.29) is 29.7 Å². The molecule has 1 fully saturated rings. The SMILES string of the molecule is CCNC(=NCc1cccc(CS(=O)(=O)NC)c1)N1CCC(c2ccc(OC)cc2)C1.I. The van der Waals surface area contributed by atoms with Crippen molar-refractivity contribution in [1.29, 1.82) is 0 Å². The van der Waals surface area contributed by atoms with Gasteiger partial charge < -0.3 is 15.0 Å². The summed E-state index contributed by atoms with van der Waals surface area (Å²) in [5, 5.41) is 3.40. The maximum absolute atomic E-state index is 11.8. The molecule has 0 aliphatic carbocycles. The van der Waals surface area contributed by atoms with Crippen LogP contribution in [-0.4, -0.2) is 53.1 Å². The molecule has 7 nitrogen and oxygen atoms in total. The van der Waals surface area contributed by atoms with Crippen LogP contribution in [0.3, 0.4) is 0 Å². The van der Waals surface area contributed by atoms with Gasteiger partial charge in [0.05, 0.1) is 19.4 Å². The Hall–Kier alpha value is -1.85. The zero-order valence-corrected chi connectivity index (χ0v) is 22.0. The van der Waals surface area contributed by atoms with Gasteiger partial charge in [-0.1, -0.05) is 36.4 Å². The van der Waals surface area contributed by atoms with Crippen LogP contribution in [0.15, 0.2) is 53.5 Å². The van der Waals surface area contributed by atoms with Crippen LogP contribution in [0.5, 0.6) is 5.75 Å². The number of rotatable bonds is 8. The van der Waals surface area contributed by atoms with Crippen LogP contribution in [0.25, 0.3) is 0 Å². The highest BCUT2D eigenvalue weighted by Gasteiger charge is 2.26. The van der Waals surface area contributed by atoms with E-state index >= 15 is 0 Å². The molecule has 2 N–H and O–H groups in total. The zero-order chi connectivity index (χ0) is 22.3. The smallest absolute Gasteiger partial charge is 0.215 e. The highest BCUT2D eigenvalue weighted by molar-refractivity contribution is 14.0. The summed E-state index contributed by atoms with van der Waals surface area (Å²) in [6, 6.07) is 15.9. The lowest BCUT2D eigenvalue weighted by Gasteiger charge is -2.22. The number of halogens is 1. The molecule has 0 spiro atoms. The van der Waals surface area contributed by atoms with Gasteiger partial charge in [0.25, 0.3) is 0 Å². The standard InChI is InChI=1S/C23H32N4O3S.HI/c1-4-25-23(26-15-18-6-5-7-19(14-18)17-31(28,29)24-2)27-13-12-21(16-27)20-8-10-22(30-3)11-9-20;/h5-11,14,21,24H,4,12-13,15-17H2,1-3H3,(H,25,26);1H. The Morgan fingerprint density at radius 1 is 1.19 bits per heavy atom. The lowest BCUT2D eigenvalue weighted by atomic mass is 9.98. The predicted molar refractivity (Wildman–Crippen MR) is 140 cm³/mol. The second-order valence-corrected chi connectivity index (χ2v) is 9.58. The summed E-state index contributed by atoms with van der Waals surface area (Å²) in [5.74, 6) is 2.20. The highest BCUT2D eigenvalue weighted by Crippen LogP contribution is 2.28. The fraction of sp³-hybridized carbons (Fsp3) is 0.435. The van der Waals surface area contributed by atoms with Crippen LogP contribution in [0.2, 0.25) is 0 Å². The van der Waals surface area contributed by atoms with E-state index in [1.165, 1.54) is 12.6 Å². The quantitative estimate of drug-likeness (QED) is 0.288. The molecule has 0 saturated carbocycles. The maximum Gasteiger partial charge on any atom is 0.215 e. The number of likely N-dealkylation sites (tertiary alicyclic amines) is 1. The normalized spacial score (nSPS) is 16.5. The van der Waals surface area contributed by atoms with Crippen molar-refractivity contribution in [2.24, 2.45) is 4.99 Å². The number of guanidine groups is 1. The second-order valence-electron chi connectivity index (χ2n) is 7.66. The van der Waals surface area contributed by atoms with Gasteiger partial charge in [-0.2, -0.15) is 0 Å². The van der Waals surface area contributed by atoms with Crippen LogP contribution in [0, 0.1) is 0 Å². The summed E-state index contributed by atoms with van der Waals surface area (Å²) < 4.78 is 31.3. The van der Waals surface area contributed by atoms with Crippen LogP contribution in [0.4, 0.5) is 0 Å². The maximum atomic E-state index is 11.8. The van der Waals surface area contributed by atoms with Crippen molar-refractivity contribution in [3.05, 3.63) is 65.2 Å². The summed E-state index contributed by atoms with van der Waals surface area (Å²) in [6.45, 7) is 5.22. The van der Waals surface area contributed by atoms with Crippen molar-refractivity contribution < 1.29 is 13.2 Å². The van der Waals surface area contributed by atoms with Crippen LogP contribution < -0.4 is 14.8 Å². The molecule has 9 heteroatoms. The van der Waals surface area contributed by atoms with Crippen molar-refractivity contribution >= 4 is 40.0 Å². The summed E-state index contributed by atoms with van der Waals surface area (Å²) in [5.41, 5.74) is 3.07. The van der Waals surface area contributed by atoms with Gasteiger partial charge in [-0.05, 0) is 49.2 Å². The van der Waals surface area contributed by atoms with Crippen LogP contribution >= 0.6 is 24.0 Å². The van der Waals surface area contributed by atoms with Gasteiger partial charge in [0.15, 0.2) is 5.96 Å². The lowest BCUT2D eigenvalue weighted by Crippen LogP contribution is -2.40. The molecule has 1 heterocycles. The molecule has 32 heavy (non-hydrogen) atoms. The van der Waals surface area contributed by atoms with Gasteiger partial charge in [-0.3, -0.25) is 0 Å². The van der Waals surface area contributed by atoms with E-state index in [9.17, 15) is 8.42 Å². The minimum atomic E-state index is -3.29. The van der Waals surface area contributed by atoms with Gasteiger partial charge in [0.1, 0.15) is 5.75 Å². The van der Waals surface area contributed by atoms with Gasteiger partial charge in [-0.15, -0.1) is 24.0 Å². The van der Waals surface area contributed by atoms with Crippen molar-refractivity contribution in [3.8, 4) is 5.75 Å². The molecule has 1 aliphatic heterocycles. The number of hydrogen-bond donors (Lipinski definition) is 2. The van der Waals surface area contributed by atoms with Crippen molar-refractivity contribution in [1.82, 2.24) is 14.9 Å². The molecular weight excluding hydrogens is 539 g/mol. The number of aliphatic imine (C=N–C) groups is 1. The number of hydrogen-bond acceptors (Lipinski definition) is 4. The van der Waals surface area contributed by atoms with E-state index in [0.717, 1.165) is 48.9 Å². The Morgan fingerprint density at radius 3 is 2.56 bits per heavy atom. The number of methoxy groups -OCH3 is 1. The minimum absolute atomic E-state index is 0. The Balaban J connectivity index is 0.00000363. The average Bonchev–Trinajstić information content (AvgIpc) is 3.27. The average molecular weight is 573 g/mol. The largest absolute Gasteiger partial charge is 0.497 e. The third-order valence-corrected chi connectivity index (χ3v) is 6.82. The van der Waals surface area contributed by atoms with E-state index in [0.29, 0.717) is 12.5 Å². The molecule has 176 valence electrons. The number of nitrogens with zero attached hydrogens (tertiary/aromatic N) is 2. The number of nitrogens with one attached hydrogen (secondary N) is 2. The molecule has 0 amide bonds. The third kappa shape index (κ3) is 7.35. The molecule has 1 saturated heterocycles. The van der Waals surface area contributed by atoms with Gasteiger partial charge >= 0.3 is 0 Å². The highest BCUT2D eigenvalue weighted by atomic mass is 127. The molecule has 1 aliphatic rings. The summed E-state index contributed by atoms with van der Waals surface area (Å²) in [4.78, 5) is 7.12. The van der Waals surface area contributed by atoms with Gasteiger partial charge in [0.2, 0.25) is 10.0 Å². The van der Waals surface area contributed by atoms with Crippen LogP contribution in [-0.2, 0) is 22.3 Å². The monoisotopic (exact) mass is 572 g/mol. The number of ether oxygens (including phenoxy) is 1. The molecule has 2 aromatic carbocycles. The Bertz CT molecular complexity index is 997. The molecule has 2 aromatic rings. The molecule has 3 rings (SSSR count). The first-order valence-corrected chi connectivity index (χ1v) is 12.3. The Kier molecular flexibility index (Phi) is 10.2. The molecule has 1 unspecified atom stereocenters. The number of benzene rings is 2. The minimum Gasteiger partial charge on any atom is -0.497 e. The van der Waals surface area contributed by atoms with E-state index < -0.39 is 10.0 Å². The molecule has 0 radical (unpaired) electrons. The molecule has 0 aromatic heterocycles. The van der Waals surface area contributed by atoms with E-state index in [1.807, 2.05) is 36.4 Å². The fourth-order valence-corrected chi connectivity index (χ4v) is 4.56. The first-order chi connectivity index (χ1) is 14.9.